The molecule has 0 aliphatic carbocycles. The van der Waals surface area contributed by atoms with Crippen LogP contribution in [0.2, 0.25) is 0 Å². The lowest BCUT2D eigenvalue weighted by molar-refractivity contribution is -0.113. The first-order valence-electron chi connectivity index (χ1n) is 7.97. The molecule has 2 aromatic rings. The van der Waals surface area contributed by atoms with Crippen LogP contribution < -0.4 is 10.9 Å². The predicted molar refractivity (Wildman–Crippen MR) is 97.8 cm³/mol. The van der Waals surface area contributed by atoms with Crippen LogP contribution in [-0.4, -0.2) is 37.9 Å². The number of amides is 1. The second-order valence-corrected chi connectivity index (χ2v) is 8.26. The third-order valence-electron chi connectivity index (χ3n) is 4.41. The Labute approximate surface area is 147 Å². The number of pyridine rings is 1. The van der Waals surface area contributed by atoms with Crippen molar-refractivity contribution < 1.29 is 4.79 Å². The summed E-state index contributed by atoms with van der Waals surface area (Å²) in [7, 11) is 0. The van der Waals surface area contributed by atoms with Crippen molar-refractivity contribution in [3.63, 3.8) is 0 Å². The average Bonchev–Trinajstić information content (AvgIpc) is 2.83. The summed E-state index contributed by atoms with van der Waals surface area (Å²) in [5.74, 6) is 3.06. The van der Waals surface area contributed by atoms with Crippen LogP contribution in [0.3, 0.4) is 0 Å². The lowest BCUT2D eigenvalue weighted by Crippen LogP contribution is -2.22. The minimum atomic E-state index is -0.185. The molecule has 2 N–H and O–H groups in total. The van der Waals surface area contributed by atoms with E-state index >= 15 is 0 Å². The maximum Gasteiger partial charge on any atom is 0.270 e. The van der Waals surface area contributed by atoms with Gasteiger partial charge in [-0.25, -0.2) is 0 Å². The Kier molecular flexibility index (Phi) is 4.41. The van der Waals surface area contributed by atoms with Gasteiger partial charge in [0.2, 0.25) is 5.91 Å². The highest BCUT2D eigenvalue weighted by Crippen LogP contribution is 2.41. The molecule has 1 atom stereocenters. The van der Waals surface area contributed by atoms with Crippen LogP contribution in [-0.2, 0) is 4.79 Å². The molecule has 8 heteroatoms. The molecule has 4 rings (SSSR count). The molecule has 1 saturated heterocycles. The fraction of sp³-hybridized carbons (Fsp3) is 0.438. The number of hydrogen-bond acceptors (Lipinski definition) is 5. The van der Waals surface area contributed by atoms with E-state index in [9.17, 15) is 9.59 Å². The number of thioether (sulfide) groups is 2. The molecule has 0 saturated carbocycles. The minimum Gasteiger partial charge on any atom is -0.310 e. The molecule has 1 amide bonds. The summed E-state index contributed by atoms with van der Waals surface area (Å²) >= 11 is 3.41. The van der Waals surface area contributed by atoms with Crippen molar-refractivity contribution in [2.75, 3.05) is 22.6 Å². The molecule has 24 heavy (non-hydrogen) atoms. The molecule has 4 heterocycles. The molecular weight excluding hydrogens is 344 g/mol. The molecule has 0 unspecified atom stereocenters. The zero-order valence-corrected chi connectivity index (χ0v) is 14.7. The Morgan fingerprint density at radius 2 is 2.08 bits per heavy atom. The number of carbonyl (C=O) groups is 1. The number of anilines is 1. The van der Waals surface area contributed by atoms with Crippen molar-refractivity contribution in [3.05, 3.63) is 46.0 Å². The van der Waals surface area contributed by atoms with E-state index in [1.54, 1.807) is 12.4 Å². The molecule has 0 radical (unpaired) electrons. The van der Waals surface area contributed by atoms with Crippen LogP contribution in [0.25, 0.3) is 0 Å². The first-order chi connectivity index (χ1) is 11.7. The van der Waals surface area contributed by atoms with E-state index in [0.717, 1.165) is 29.9 Å². The van der Waals surface area contributed by atoms with Gasteiger partial charge in [0, 0.05) is 12.4 Å². The van der Waals surface area contributed by atoms with Gasteiger partial charge in [-0.15, -0.1) is 11.8 Å². The van der Waals surface area contributed by atoms with E-state index in [2.05, 4.69) is 15.4 Å². The fourth-order valence-corrected chi connectivity index (χ4v) is 5.44. The lowest BCUT2D eigenvalue weighted by atomic mass is 10.1. The quantitative estimate of drug-likeness (QED) is 0.858. The maximum absolute atomic E-state index is 12.7. The number of fused-ring (bicyclic) bond motifs is 1. The van der Waals surface area contributed by atoms with Crippen LogP contribution in [0.1, 0.15) is 35.3 Å². The highest BCUT2D eigenvalue weighted by atomic mass is 32.2. The topological polar surface area (TPSA) is 79.8 Å². The molecule has 0 spiro atoms. The van der Waals surface area contributed by atoms with Gasteiger partial charge < -0.3 is 5.32 Å². The predicted octanol–water partition coefficient (Wildman–Crippen LogP) is 2.41. The van der Waals surface area contributed by atoms with Crippen molar-refractivity contribution >= 4 is 35.2 Å². The van der Waals surface area contributed by atoms with Crippen LogP contribution in [0.4, 0.5) is 5.82 Å². The van der Waals surface area contributed by atoms with E-state index in [1.165, 1.54) is 11.8 Å². The highest BCUT2D eigenvalue weighted by molar-refractivity contribution is 8.00. The molecule has 0 aromatic carbocycles. The Bertz CT molecular complexity index is 796. The molecule has 0 bridgehead atoms. The van der Waals surface area contributed by atoms with Crippen LogP contribution in [0, 0.1) is 0 Å². The third kappa shape index (κ3) is 2.88. The summed E-state index contributed by atoms with van der Waals surface area (Å²) < 4.78 is 1.89. The molecule has 6 nitrogen and oxygen atoms in total. The first-order valence-corrected chi connectivity index (χ1v) is 10.2. The van der Waals surface area contributed by atoms with Crippen molar-refractivity contribution in [3.8, 4) is 0 Å². The van der Waals surface area contributed by atoms with Gasteiger partial charge in [-0.1, -0.05) is 6.07 Å². The monoisotopic (exact) mass is 362 g/mol. The first kappa shape index (κ1) is 15.8. The van der Waals surface area contributed by atoms with Gasteiger partial charge in [0.1, 0.15) is 5.82 Å². The van der Waals surface area contributed by atoms with Crippen molar-refractivity contribution in [2.45, 2.75) is 24.1 Å². The van der Waals surface area contributed by atoms with Crippen molar-refractivity contribution in [1.29, 1.82) is 0 Å². The average molecular weight is 362 g/mol. The number of rotatable bonds is 2. The maximum atomic E-state index is 12.7. The van der Waals surface area contributed by atoms with Gasteiger partial charge >= 0.3 is 0 Å². The van der Waals surface area contributed by atoms with Gasteiger partial charge in [-0.3, -0.25) is 24.4 Å². The summed E-state index contributed by atoms with van der Waals surface area (Å²) in [5, 5.41) is 5.75. The standard InChI is InChI=1S/C16H18N4O2S2/c21-12-9-24-14(10-2-1-5-17-8-10)13-15(18-12)20(19-16(13)22)11-3-6-23-7-4-11/h1-2,5,8,11,14H,3-4,6-7,9H2,(H,18,21)(H,19,22)/t14-/m1/s1. The van der Waals surface area contributed by atoms with Crippen molar-refractivity contribution in [2.24, 2.45) is 0 Å². The van der Waals surface area contributed by atoms with Gasteiger partial charge in [0.25, 0.3) is 5.56 Å². The molecule has 2 aliphatic heterocycles. The van der Waals surface area contributed by atoms with Gasteiger partial charge in [0.15, 0.2) is 0 Å². The summed E-state index contributed by atoms with van der Waals surface area (Å²) in [6.45, 7) is 0. The summed E-state index contributed by atoms with van der Waals surface area (Å²) in [6, 6.07) is 4.05. The van der Waals surface area contributed by atoms with Crippen LogP contribution in [0.5, 0.6) is 0 Å². The number of H-pyrrole nitrogens is 1. The number of nitrogens with zero attached hydrogens (tertiary/aromatic N) is 2. The Balaban J connectivity index is 1.82. The second-order valence-electron chi connectivity index (χ2n) is 5.94. The molecule has 126 valence electrons. The smallest absolute Gasteiger partial charge is 0.270 e. The van der Waals surface area contributed by atoms with E-state index in [1.807, 2.05) is 28.6 Å². The number of carbonyl (C=O) groups excluding carboxylic acids is 1. The SMILES string of the molecule is O=C1CS[C@H](c2cccnc2)c2c(n(C3CCSCC3)[nH]c2=O)N1. The Hall–Kier alpha value is -1.67. The van der Waals surface area contributed by atoms with Crippen LogP contribution in [0.15, 0.2) is 29.3 Å². The zero-order valence-electron chi connectivity index (χ0n) is 13.0. The van der Waals surface area contributed by atoms with E-state index in [-0.39, 0.29) is 22.8 Å². The highest BCUT2D eigenvalue weighted by Gasteiger charge is 2.32. The fourth-order valence-electron chi connectivity index (χ4n) is 3.26. The van der Waals surface area contributed by atoms with E-state index < -0.39 is 0 Å². The summed E-state index contributed by atoms with van der Waals surface area (Å²) in [6.07, 6.45) is 5.49. The minimum absolute atomic E-state index is 0.0643. The molecule has 2 aromatic heterocycles. The van der Waals surface area contributed by atoms with Crippen LogP contribution >= 0.6 is 23.5 Å². The Morgan fingerprint density at radius 3 is 2.83 bits per heavy atom. The Morgan fingerprint density at radius 1 is 1.25 bits per heavy atom. The van der Waals surface area contributed by atoms with E-state index in [0.29, 0.717) is 17.1 Å². The normalized spacial score (nSPS) is 21.8. The number of aromatic nitrogens is 3. The van der Waals surface area contributed by atoms with Crippen molar-refractivity contribution in [1.82, 2.24) is 14.8 Å². The lowest BCUT2D eigenvalue weighted by Gasteiger charge is -2.24. The summed E-state index contributed by atoms with van der Waals surface area (Å²) in [4.78, 5) is 29.1. The van der Waals surface area contributed by atoms with E-state index in [4.69, 9.17) is 0 Å². The van der Waals surface area contributed by atoms with Gasteiger partial charge in [-0.05, 0) is 36.0 Å². The molecular formula is C16H18N4O2S2. The van der Waals surface area contributed by atoms with Gasteiger partial charge in [0.05, 0.1) is 22.6 Å². The molecule has 1 fully saturated rings. The second kappa shape index (κ2) is 6.68. The third-order valence-corrected chi connectivity index (χ3v) is 6.73. The van der Waals surface area contributed by atoms with Gasteiger partial charge in [-0.2, -0.15) is 11.8 Å². The number of aromatic amines is 1. The summed E-state index contributed by atoms with van der Waals surface area (Å²) in [5.41, 5.74) is 1.46. The largest absolute Gasteiger partial charge is 0.310 e. The zero-order chi connectivity index (χ0) is 16.5. The molecule has 2 aliphatic rings. The number of hydrogen-bond donors (Lipinski definition) is 2. The number of nitrogens with one attached hydrogen (secondary N) is 2.